The normalized spacial score (nSPS) is 16.1. The van der Waals surface area contributed by atoms with E-state index in [0.29, 0.717) is 0 Å². The first-order chi connectivity index (χ1) is 8.56. The van der Waals surface area contributed by atoms with Crippen LogP contribution in [0.3, 0.4) is 0 Å². The molecular weight excluding hydrogens is 230 g/mol. The second-order valence-electron chi connectivity index (χ2n) is 5.10. The summed E-state index contributed by atoms with van der Waals surface area (Å²) in [6.45, 7) is 0.764. The average Bonchev–Trinajstić information content (AvgIpc) is 3.07. The van der Waals surface area contributed by atoms with Crippen molar-refractivity contribution in [3.63, 3.8) is 0 Å². The highest BCUT2D eigenvalue weighted by molar-refractivity contribution is 5.68. The number of carboxylic acids is 1. The molecule has 1 aliphatic rings. The van der Waals surface area contributed by atoms with Gasteiger partial charge in [0.15, 0.2) is 0 Å². The molecule has 0 aromatic heterocycles. The van der Waals surface area contributed by atoms with Crippen molar-refractivity contribution >= 4 is 11.7 Å². The largest absolute Gasteiger partial charge is 0.495 e. The van der Waals surface area contributed by atoms with Gasteiger partial charge in [-0.2, -0.15) is 0 Å². The molecule has 1 aliphatic carbocycles. The van der Waals surface area contributed by atoms with Gasteiger partial charge in [-0.3, -0.25) is 4.79 Å². The molecule has 0 amide bonds. The van der Waals surface area contributed by atoms with Crippen LogP contribution in [0.2, 0.25) is 0 Å². The third-order valence-electron chi connectivity index (χ3n) is 3.55. The number of rotatable bonds is 6. The quantitative estimate of drug-likeness (QED) is 0.841. The number of aliphatic carboxylic acids is 1. The van der Waals surface area contributed by atoms with Crippen molar-refractivity contribution in [2.24, 2.45) is 5.41 Å². The molecule has 1 fully saturated rings. The number of benzene rings is 1. The van der Waals surface area contributed by atoms with E-state index in [9.17, 15) is 4.79 Å². The molecule has 1 aromatic carbocycles. The summed E-state index contributed by atoms with van der Waals surface area (Å²) < 4.78 is 5.32. The minimum atomic E-state index is -0.707. The maximum Gasteiger partial charge on any atom is 0.303 e. The zero-order valence-corrected chi connectivity index (χ0v) is 10.8. The van der Waals surface area contributed by atoms with Crippen molar-refractivity contribution < 1.29 is 14.6 Å². The van der Waals surface area contributed by atoms with E-state index >= 15 is 0 Å². The maximum absolute atomic E-state index is 10.9. The van der Waals surface area contributed by atoms with Crippen molar-refractivity contribution in [3.8, 4) is 5.75 Å². The van der Waals surface area contributed by atoms with E-state index < -0.39 is 5.97 Å². The molecule has 0 heterocycles. The average molecular weight is 249 g/mol. The van der Waals surface area contributed by atoms with E-state index in [1.807, 2.05) is 31.3 Å². The van der Waals surface area contributed by atoms with Crippen LogP contribution in [0.15, 0.2) is 24.3 Å². The number of methoxy groups -OCH3 is 1. The SMILES string of the molecule is COc1ccccc1N(C)CC1(CC(=O)O)CC1. The van der Waals surface area contributed by atoms with Crippen LogP contribution in [0.1, 0.15) is 19.3 Å². The van der Waals surface area contributed by atoms with Crippen molar-refractivity contribution in [1.29, 1.82) is 0 Å². The first-order valence-electron chi connectivity index (χ1n) is 6.12. The number of carboxylic acid groups (broad SMARTS) is 1. The van der Waals surface area contributed by atoms with Gasteiger partial charge in [-0.1, -0.05) is 12.1 Å². The van der Waals surface area contributed by atoms with Gasteiger partial charge in [-0.05, 0) is 30.4 Å². The molecule has 0 spiro atoms. The Hall–Kier alpha value is -1.71. The molecule has 0 atom stereocenters. The Morgan fingerprint density at radius 2 is 2.11 bits per heavy atom. The number of hydrogen-bond donors (Lipinski definition) is 1. The standard InChI is InChI=1S/C14H19NO3/c1-15(10-14(7-8-14)9-13(16)17)11-5-3-4-6-12(11)18-2/h3-6H,7-10H2,1-2H3,(H,16,17). The Balaban J connectivity index is 2.08. The van der Waals surface area contributed by atoms with Crippen molar-refractivity contribution in [3.05, 3.63) is 24.3 Å². The van der Waals surface area contributed by atoms with Crippen LogP contribution in [-0.4, -0.2) is 31.8 Å². The lowest BCUT2D eigenvalue weighted by molar-refractivity contribution is -0.138. The van der Waals surface area contributed by atoms with Gasteiger partial charge in [0.25, 0.3) is 0 Å². The van der Waals surface area contributed by atoms with E-state index in [1.54, 1.807) is 7.11 Å². The lowest BCUT2D eigenvalue weighted by atomic mass is 10.0. The van der Waals surface area contributed by atoms with Crippen molar-refractivity contribution in [2.45, 2.75) is 19.3 Å². The smallest absolute Gasteiger partial charge is 0.303 e. The number of para-hydroxylation sites is 2. The molecule has 1 saturated carbocycles. The van der Waals surface area contributed by atoms with Gasteiger partial charge in [0, 0.05) is 13.6 Å². The lowest BCUT2D eigenvalue weighted by Gasteiger charge is -2.26. The highest BCUT2D eigenvalue weighted by atomic mass is 16.5. The summed E-state index contributed by atoms with van der Waals surface area (Å²) >= 11 is 0. The molecule has 98 valence electrons. The first-order valence-corrected chi connectivity index (χ1v) is 6.12. The Morgan fingerprint density at radius 1 is 1.44 bits per heavy atom. The molecule has 4 nitrogen and oxygen atoms in total. The van der Waals surface area contributed by atoms with E-state index in [-0.39, 0.29) is 11.8 Å². The summed E-state index contributed by atoms with van der Waals surface area (Å²) in [5, 5.41) is 8.93. The van der Waals surface area contributed by atoms with Crippen LogP contribution in [0.25, 0.3) is 0 Å². The van der Waals surface area contributed by atoms with Gasteiger partial charge in [0.2, 0.25) is 0 Å². The zero-order chi connectivity index (χ0) is 13.2. The molecule has 1 aromatic rings. The number of anilines is 1. The maximum atomic E-state index is 10.9. The minimum Gasteiger partial charge on any atom is -0.495 e. The van der Waals surface area contributed by atoms with Crippen LogP contribution >= 0.6 is 0 Å². The summed E-state index contributed by atoms with van der Waals surface area (Å²) in [5.41, 5.74) is 0.971. The predicted octanol–water partition coefficient (Wildman–Crippen LogP) is 2.39. The molecule has 2 rings (SSSR count). The molecule has 18 heavy (non-hydrogen) atoms. The van der Waals surface area contributed by atoms with Gasteiger partial charge in [-0.15, -0.1) is 0 Å². The van der Waals surface area contributed by atoms with Crippen LogP contribution in [0, 0.1) is 5.41 Å². The number of carbonyl (C=O) groups is 1. The van der Waals surface area contributed by atoms with Crippen LogP contribution in [0.4, 0.5) is 5.69 Å². The van der Waals surface area contributed by atoms with Gasteiger partial charge >= 0.3 is 5.97 Å². The summed E-state index contributed by atoms with van der Waals surface area (Å²) in [4.78, 5) is 12.9. The van der Waals surface area contributed by atoms with E-state index in [4.69, 9.17) is 9.84 Å². The lowest BCUT2D eigenvalue weighted by Crippen LogP contribution is -2.28. The Labute approximate surface area is 107 Å². The third kappa shape index (κ3) is 2.75. The Morgan fingerprint density at radius 3 is 2.67 bits per heavy atom. The van der Waals surface area contributed by atoms with E-state index in [2.05, 4.69) is 4.90 Å². The number of hydrogen-bond acceptors (Lipinski definition) is 3. The Kier molecular flexibility index (Phi) is 3.45. The monoisotopic (exact) mass is 249 g/mol. The number of nitrogens with zero attached hydrogens (tertiary/aromatic N) is 1. The topological polar surface area (TPSA) is 49.8 Å². The summed E-state index contributed by atoms with van der Waals surface area (Å²) in [5.74, 6) is 0.118. The van der Waals surface area contributed by atoms with Gasteiger partial charge in [0.1, 0.15) is 5.75 Å². The van der Waals surface area contributed by atoms with Crippen LogP contribution < -0.4 is 9.64 Å². The third-order valence-corrected chi connectivity index (χ3v) is 3.55. The molecule has 0 aliphatic heterocycles. The molecule has 4 heteroatoms. The second-order valence-corrected chi connectivity index (χ2v) is 5.10. The summed E-state index contributed by atoms with van der Waals surface area (Å²) in [6, 6.07) is 7.81. The predicted molar refractivity (Wildman–Crippen MR) is 70.2 cm³/mol. The van der Waals surface area contributed by atoms with E-state index in [1.165, 1.54) is 0 Å². The second kappa shape index (κ2) is 4.88. The fourth-order valence-electron chi connectivity index (χ4n) is 2.42. The van der Waals surface area contributed by atoms with Crippen LogP contribution in [-0.2, 0) is 4.79 Å². The van der Waals surface area contributed by atoms with Crippen molar-refractivity contribution in [2.75, 3.05) is 25.6 Å². The molecule has 0 radical (unpaired) electrons. The molecule has 0 bridgehead atoms. The van der Waals surface area contributed by atoms with Crippen LogP contribution in [0.5, 0.6) is 5.75 Å². The van der Waals surface area contributed by atoms with Gasteiger partial charge in [-0.25, -0.2) is 0 Å². The Bertz CT molecular complexity index is 440. The zero-order valence-electron chi connectivity index (χ0n) is 10.8. The highest BCUT2D eigenvalue weighted by Gasteiger charge is 2.45. The van der Waals surface area contributed by atoms with E-state index in [0.717, 1.165) is 30.8 Å². The van der Waals surface area contributed by atoms with Crippen molar-refractivity contribution in [1.82, 2.24) is 0 Å². The minimum absolute atomic E-state index is 0.0402. The fraction of sp³-hybridized carbons (Fsp3) is 0.500. The summed E-state index contributed by atoms with van der Waals surface area (Å²) in [7, 11) is 3.64. The summed E-state index contributed by atoms with van der Waals surface area (Å²) in [6.07, 6.45) is 2.25. The van der Waals surface area contributed by atoms with Gasteiger partial charge < -0.3 is 14.7 Å². The molecule has 1 N–H and O–H groups in total. The molecule has 0 saturated heterocycles. The highest BCUT2D eigenvalue weighted by Crippen LogP contribution is 2.50. The number of ether oxygens (including phenoxy) is 1. The molecule has 0 unspecified atom stereocenters. The fourth-order valence-corrected chi connectivity index (χ4v) is 2.42. The van der Waals surface area contributed by atoms with Gasteiger partial charge in [0.05, 0.1) is 19.2 Å². The molecular formula is C14H19NO3. The first kappa shape index (κ1) is 12.7.